The van der Waals surface area contributed by atoms with Crippen molar-refractivity contribution in [3.8, 4) is 11.3 Å². The number of aromatic nitrogens is 1. The summed E-state index contributed by atoms with van der Waals surface area (Å²) in [6, 6.07) is 13.4. The second-order valence-corrected chi connectivity index (χ2v) is 9.24. The Hall–Kier alpha value is -1.89. The summed E-state index contributed by atoms with van der Waals surface area (Å²) in [6.45, 7) is 4.52. The SMILES string of the molecule is CCCCCC1CCC(C=CCCc2ccc(-c3ccc(CCC)cn3)cc2)CC1. The lowest BCUT2D eigenvalue weighted by Crippen LogP contribution is -2.13. The van der Waals surface area contributed by atoms with Gasteiger partial charge in [-0.15, -0.1) is 0 Å². The van der Waals surface area contributed by atoms with Gasteiger partial charge in [0.05, 0.1) is 5.69 Å². The summed E-state index contributed by atoms with van der Waals surface area (Å²) in [4.78, 5) is 4.64. The number of rotatable bonds is 11. The smallest absolute Gasteiger partial charge is 0.0702 e. The van der Waals surface area contributed by atoms with Crippen LogP contribution in [0.25, 0.3) is 11.3 Å². The molecule has 0 radical (unpaired) electrons. The van der Waals surface area contributed by atoms with Gasteiger partial charge in [0.2, 0.25) is 0 Å². The Morgan fingerprint density at radius 3 is 2.27 bits per heavy atom. The van der Waals surface area contributed by atoms with Crippen LogP contribution in [0.3, 0.4) is 0 Å². The molecule has 0 atom stereocenters. The minimum atomic E-state index is 0.830. The Labute approximate surface area is 185 Å². The molecule has 1 aliphatic rings. The lowest BCUT2D eigenvalue weighted by atomic mass is 9.79. The van der Waals surface area contributed by atoms with E-state index < -0.39 is 0 Å². The molecule has 3 rings (SSSR count). The number of unbranched alkanes of at least 4 members (excludes halogenated alkanes) is 2. The highest BCUT2D eigenvalue weighted by Crippen LogP contribution is 2.32. The molecule has 1 heterocycles. The van der Waals surface area contributed by atoms with Gasteiger partial charge in [-0.25, -0.2) is 0 Å². The Bertz CT molecular complexity index is 733. The van der Waals surface area contributed by atoms with E-state index in [2.05, 4.69) is 67.4 Å². The van der Waals surface area contributed by atoms with Gasteiger partial charge in [0.25, 0.3) is 0 Å². The molecule has 1 heteroatoms. The van der Waals surface area contributed by atoms with Crippen LogP contribution < -0.4 is 0 Å². The van der Waals surface area contributed by atoms with Gasteiger partial charge in [-0.1, -0.05) is 88.4 Å². The maximum atomic E-state index is 4.64. The van der Waals surface area contributed by atoms with Gasteiger partial charge in [0, 0.05) is 11.8 Å². The molecule has 1 aromatic heterocycles. The predicted octanol–water partition coefficient (Wildman–Crippen LogP) is 8.58. The van der Waals surface area contributed by atoms with E-state index >= 15 is 0 Å². The van der Waals surface area contributed by atoms with Crippen molar-refractivity contribution in [1.29, 1.82) is 0 Å². The van der Waals surface area contributed by atoms with Crippen LogP contribution in [0.15, 0.2) is 54.7 Å². The molecule has 0 aliphatic heterocycles. The summed E-state index contributed by atoms with van der Waals surface area (Å²) in [5, 5.41) is 0. The van der Waals surface area contributed by atoms with E-state index in [4.69, 9.17) is 0 Å². The monoisotopic (exact) mass is 403 g/mol. The van der Waals surface area contributed by atoms with Gasteiger partial charge in [-0.2, -0.15) is 0 Å². The molecule has 30 heavy (non-hydrogen) atoms. The van der Waals surface area contributed by atoms with Gasteiger partial charge < -0.3 is 0 Å². The minimum Gasteiger partial charge on any atom is -0.256 e. The van der Waals surface area contributed by atoms with Crippen molar-refractivity contribution in [1.82, 2.24) is 4.98 Å². The Kier molecular flexibility index (Phi) is 9.67. The third-order valence-electron chi connectivity index (χ3n) is 6.73. The lowest BCUT2D eigenvalue weighted by molar-refractivity contribution is 0.289. The second kappa shape index (κ2) is 12.7. The lowest BCUT2D eigenvalue weighted by Gasteiger charge is -2.26. The quantitative estimate of drug-likeness (QED) is 0.270. The normalized spacial score (nSPS) is 19.4. The molecule has 1 fully saturated rings. The van der Waals surface area contributed by atoms with Gasteiger partial charge >= 0.3 is 0 Å². The third kappa shape index (κ3) is 7.42. The molecule has 0 saturated heterocycles. The molecule has 0 spiro atoms. The van der Waals surface area contributed by atoms with Gasteiger partial charge in [0.1, 0.15) is 0 Å². The first kappa shape index (κ1) is 22.8. The summed E-state index contributed by atoms with van der Waals surface area (Å²) in [5.41, 5.74) is 5.04. The topological polar surface area (TPSA) is 12.9 Å². The molecule has 1 nitrogen and oxygen atoms in total. The molecular weight excluding hydrogens is 362 g/mol. The summed E-state index contributed by atoms with van der Waals surface area (Å²) in [5.74, 6) is 1.84. The first-order chi connectivity index (χ1) is 14.8. The number of hydrogen-bond donors (Lipinski definition) is 0. The fourth-order valence-corrected chi connectivity index (χ4v) is 4.77. The molecule has 1 aliphatic carbocycles. The first-order valence-corrected chi connectivity index (χ1v) is 12.5. The maximum Gasteiger partial charge on any atom is 0.0702 e. The number of allylic oxidation sites excluding steroid dienone is 2. The van der Waals surface area contributed by atoms with Crippen LogP contribution in [-0.2, 0) is 12.8 Å². The number of nitrogens with zero attached hydrogens (tertiary/aromatic N) is 1. The third-order valence-corrected chi connectivity index (χ3v) is 6.73. The highest BCUT2D eigenvalue weighted by atomic mass is 14.7. The minimum absolute atomic E-state index is 0.830. The van der Waals surface area contributed by atoms with E-state index in [1.807, 2.05) is 6.20 Å². The Balaban J connectivity index is 1.38. The van der Waals surface area contributed by atoms with Gasteiger partial charge in [0.15, 0.2) is 0 Å². The zero-order valence-corrected chi connectivity index (χ0v) is 19.3. The van der Waals surface area contributed by atoms with E-state index in [-0.39, 0.29) is 0 Å². The van der Waals surface area contributed by atoms with Crippen molar-refractivity contribution in [2.24, 2.45) is 11.8 Å². The van der Waals surface area contributed by atoms with Crippen LogP contribution in [-0.4, -0.2) is 4.98 Å². The predicted molar refractivity (Wildman–Crippen MR) is 131 cm³/mol. The standard InChI is InChI=1S/C29H41N/c1-3-5-6-10-24-13-15-25(16-14-24)11-7-8-12-26-17-20-28(21-18-26)29-22-19-27(9-4-2)23-30-29/h7,11,17-25H,3-6,8-10,12-16H2,1-2H3. The van der Waals surface area contributed by atoms with Gasteiger partial charge in [-0.05, 0) is 74.0 Å². The van der Waals surface area contributed by atoms with Crippen LogP contribution in [0, 0.1) is 11.8 Å². The number of benzene rings is 1. The van der Waals surface area contributed by atoms with Crippen molar-refractivity contribution in [3.05, 3.63) is 65.9 Å². The van der Waals surface area contributed by atoms with E-state index in [1.54, 1.807) is 0 Å². The Morgan fingerprint density at radius 2 is 1.60 bits per heavy atom. The fourth-order valence-electron chi connectivity index (χ4n) is 4.77. The van der Waals surface area contributed by atoms with Gasteiger partial charge in [-0.3, -0.25) is 4.98 Å². The van der Waals surface area contributed by atoms with Crippen molar-refractivity contribution >= 4 is 0 Å². The van der Waals surface area contributed by atoms with E-state index in [1.165, 1.54) is 74.5 Å². The second-order valence-electron chi connectivity index (χ2n) is 9.24. The number of hydrogen-bond acceptors (Lipinski definition) is 1. The molecule has 0 N–H and O–H groups in total. The van der Waals surface area contributed by atoms with Crippen molar-refractivity contribution in [2.75, 3.05) is 0 Å². The molecule has 0 unspecified atom stereocenters. The van der Waals surface area contributed by atoms with Crippen LogP contribution in [0.5, 0.6) is 0 Å². The van der Waals surface area contributed by atoms with Crippen LogP contribution in [0.2, 0.25) is 0 Å². The summed E-state index contributed by atoms with van der Waals surface area (Å²) in [6.07, 6.45) is 22.9. The molecule has 1 saturated carbocycles. The average molecular weight is 404 g/mol. The molecule has 0 bridgehead atoms. The Morgan fingerprint density at radius 1 is 0.833 bits per heavy atom. The highest BCUT2D eigenvalue weighted by Gasteiger charge is 2.18. The summed E-state index contributed by atoms with van der Waals surface area (Å²) >= 11 is 0. The van der Waals surface area contributed by atoms with E-state index in [9.17, 15) is 0 Å². The largest absolute Gasteiger partial charge is 0.256 e. The van der Waals surface area contributed by atoms with Crippen molar-refractivity contribution in [3.63, 3.8) is 0 Å². The number of aryl methyl sites for hydroxylation is 2. The average Bonchev–Trinajstić information content (AvgIpc) is 2.79. The summed E-state index contributed by atoms with van der Waals surface area (Å²) in [7, 11) is 0. The zero-order valence-electron chi connectivity index (χ0n) is 19.3. The zero-order chi connectivity index (χ0) is 21.0. The van der Waals surface area contributed by atoms with Crippen LogP contribution in [0.4, 0.5) is 0 Å². The van der Waals surface area contributed by atoms with Crippen LogP contribution in [0.1, 0.15) is 89.2 Å². The molecule has 0 amide bonds. The molecule has 162 valence electrons. The maximum absolute atomic E-state index is 4.64. The molecule has 1 aromatic carbocycles. The fraction of sp³-hybridized carbons (Fsp3) is 0.552. The van der Waals surface area contributed by atoms with Crippen molar-refractivity contribution < 1.29 is 0 Å². The first-order valence-electron chi connectivity index (χ1n) is 12.5. The number of pyridine rings is 1. The van der Waals surface area contributed by atoms with E-state index in [0.717, 1.165) is 36.8 Å². The van der Waals surface area contributed by atoms with E-state index in [0.29, 0.717) is 0 Å². The molecular formula is C29H41N. The van der Waals surface area contributed by atoms with Crippen molar-refractivity contribution in [2.45, 2.75) is 90.9 Å². The van der Waals surface area contributed by atoms with Crippen LogP contribution >= 0.6 is 0 Å². The summed E-state index contributed by atoms with van der Waals surface area (Å²) < 4.78 is 0. The highest BCUT2D eigenvalue weighted by molar-refractivity contribution is 5.59. The molecule has 2 aromatic rings.